The molecule has 2 unspecified atom stereocenters. The van der Waals surface area contributed by atoms with Crippen molar-refractivity contribution in [3.8, 4) is 0 Å². The third-order valence-corrected chi connectivity index (χ3v) is 14.4. The summed E-state index contributed by atoms with van der Waals surface area (Å²) < 4.78 is 31.2. The first-order valence-corrected chi connectivity index (χ1v) is 22.5. The molecule has 1 heterocycles. The molecular formula is C52H61NO13. The van der Waals surface area contributed by atoms with E-state index >= 15 is 9.59 Å². The summed E-state index contributed by atoms with van der Waals surface area (Å²) in [4.78, 5) is 85.7. The van der Waals surface area contributed by atoms with E-state index < -0.39 is 118 Å². The number of nitrogens with one attached hydrogen (secondary N) is 1. The SMILES string of the molecule is CC(=O)O[C@H]1C(=O)[C@@]2(C)C(C(CC(=O)c3ccccc3)[C@]3(O)C[C@H](OC(=O)[C@@H](OC(C)(C)C)[C@H](NC(=O)c4ccccc4)c4ccccc4)C(C)=C1C3(C)C)[C@@]1(OC(C)=O)CO[C@@H]1C[C@@H]2O. The van der Waals surface area contributed by atoms with Crippen molar-refractivity contribution in [2.75, 3.05) is 6.61 Å². The highest BCUT2D eigenvalue weighted by atomic mass is 16.6. The molecule has 3 aromatic rings. The van der Waals surface area contributed by atoms with Crippen molar-refractivity contribution in [1.82, 2.24) is 5.32 Å². The van der Waals surface area contributed by atoms with E-state index in [1.807, 2.05) is 0 Å². The van der Waals surface area contributed by atoms with E-state index in [1.54, 1.807) is 133 Å². The van der Waals surface area contributed by atoms with E-state index in [2.05, 4.69) is 5.32 Å². The van der Waals surface area contributed by atoms with Gasteiger partial charge in [0.25, 0.3) is 5.91 Å². The molecule has 0 spiro atoms. The number of fused-ring (bicyclic) bond motifs is 5. The largest absolute Gasteiger partial charge is 0.456 e. The third kappa shape index (κ3) is 8.53. The molecular weight excluding hydrogens is 847 g/mol. The molecule has 1 saturated heterocycles. The second-order valence-corrected chi connectivity index (χ2v) is 20.0. The number of esters is 3. The number of Topliss-reactive ketones (excluding diaryl/α,β-unsaturated/α-hetero) is 2. The van der Waals surface area contributed by atoms with Gasteiger partial charge in [-0.15, -0.1) is 0 Å². The summed E-state index contributed by atoms with van der Waals surface area (Å²) in [6.45, 7) is 13.9. The first-order chi connectivity index (χ1) is 31.0. The normalized spacial score (nSPS) is 31.0. The van der Waals surface area contributed by atoms with Gasteiger partial charge in [0.1, 0.15) is 12.2 Å². The van der Waals surface area contributed by atoms with Gasteiger partial charge in [-0.05, 0) is 63.5 Å². The standard InChI is InChI=1S/C52H61NO13/c1-29-37(64-47(60)43(66-48(4,5)6)41(33-21-15-11-16-22-33)53-46(59)34-23-17-12-18-24-34)27-52(61)35(25-36(56)32-19-13-10-14-20-32)44-50(9,38(57)26-39-51(44,28-62-39)65-31(3)55)45(58)42(63-30(2)54)40(29)49(52,7)8/h10-24,35,37-39,41-44,57,61H,25-28H2,1-9H3,(H,53,59)/t35?,37-,38-,39+,41+,42+,43-,44?,50+,51+,52+/m0/s1. The molecule has 7 rings (SSSR count). The van der Waals surface area contributed by atoms with Crippen molar-refractivity contribution in [3.05, 3.63) is 119 Å². The Bertz CT molecular complexity index is 2390. The summed E-state index contributed by atoms with van der Waals surface area (Å²) in [6, 6.07) is 24.6. The molecule has 14 heteroatoms. The topological polar surface area (TPSA) is 201 Å². The lowest BCUT2D eigenvalue weighted by molar-refractivity contribution is -0.339. The lowest BCUT2D eigenvalue weighted by atomic mass is 9.42. The number of benzene rings is 3. The monoisotopic (exact) mass is 907 g/mol. The highest BCUT2D eigenvalue weighted by molar-refractivity contribution is 5.98. The molecule has 2 bridgehead atoms. The van der Waals surface area contributed by atoms with Gasteiger partial charge in [-0.25, -0.2) is 4.79 Å². The van der Waals surface area contributed by atoms with E-state index in [4.69, 9.17) is 23.7 Å². The molecule has 0 radical (unpaired) electrons. The van der Waals surface area contributed by atoms with Gasteiger partial charge in [0.05, 0.1) is 35.4 Å². The van der Waals surface area contributed by atoms with Gasteiger partial charge < -0.3 is 39.2 Å². The number of carbonyl (C=O) groups excluding carboxylic acids is 6. The number of ether oxygens (including phenoxy) is 5. The maximum atomic E-state index is 15.7. The molecule has 3 N–H and O–H groups in total. The van der Waals surface area contributed by atoms with Crippen LogP contribution in [-0.2, 0) is 42.9 Å². The summed E-state index contributed by atoms with van der Waals surface area (Å²) in [5.41, 5.74) is -6.62. The Morgan fingerprint density at radius 3 is 1.95 bits per heavy atom. The zero-order chi connectivity index (χ0) is 48.1. The van der Waals surface area contributed by atoms with Crippen molar-refractivity contribution in [1.29, 1.82) is 0 Å². The van der Waals surface area contributed by atoms with Crippen LogP contribution in [0.4, 0.5) is 0 Å². The second-order valence-electron chi connectivity index (χ2n) is 20.0. The number of ketones is 2. The zero-order valence-corrected chi connectivity index (χ0v) is 39.0. The van der Waals surface area contributed by atoms with Gasteiger partial charge in [-0.3, -0.25) is 24.0 Å². The van der Waals surface area contributed by atoms with Crippen LogP contribution in [0.15, 0.2) is 102 Å². The summed E-state index contributed by atoms with van der Waals surface area (Å²) >= 11 is 0. The predicted octanol–water partition coefficient (Wildman–Crippen LogP) is 6.22. The third-order valence-electron chi connectivity index (χ3n) is 14.4. The number of amides is 1. The summed E-state index contributed by atoms with van der Waals surface area (Å²) in [5, 5.41) is 29.2. The van der Waals surface area contributed by atoms with Crippen LogP contribution in [-0.4, -0.2) is 99.5 Å². The van der Waals surface area contributed by atoms with E-state index in [0.717, 1.165) is 6.92 Å². The Labute approximate surface area is 385 Å². The molecule has 3 aliphatic carbocycles. The van der Waals surface area contributed by atoms with Crippen LogP contribution in [0.2, 0.25) is 0 Å². The summed E-state index contributed by atoms with van der Waals surface area (Å²) in [5.74, 6) is -6.74. The van der Waals surface area contributed by atoms with Gasteiger partial charge in [0, 0.05) is 61.5 Å². The lowest BCUT2D eigenvalue weighted by Gasteiger charge is -2.68. The predicted molar refractivity (Wildman–Crippen MR) is 240 cm³/mol. The first-order valence-electron chi connectivity index (χ1n) is 22.5. The molecule has 11 atom stereocenters. The van der Waals surface area contributed by atoms with Crippen LogP contribution < -0.4 is 5.32 Å². The molecule has 66 heavy (non-hydrogen) atoms. The summed E-state index contributed by atoms with van der Waals surface area (Å²) in [7, 11) is 0. The van der Waals surface area contributed by atoms with E-state index in [1.165, 1.54) is 13.8 Å². The maximum Gasteiger partial charge on any atom is 0.338 e. The molecule has 1 aliphatic heterocycles. The van der Waals surface area contributed by atoms with Gasteiger partial charge in [-0.1, -0.05) is 92.7 Å². The maximum absolute atomic E-state index is 15.7. The Balaban J connectivity index is 1.43. The highest BCUT2D eigenvalue weighted by Crippen LogP contribution is 2.66. The number of rotatable bonds is 12. The van der Waals surface area contributed by atoms with Crippen molar-refractivity contribution in [3.63, 3.8) is 0 Å². The quantitative estimate of drug-likeness (QED) is 0.0801. The minimum atomic E-state index is -2.15. The molecule has 1 amide bonds. The molecule has 2 saturated carbocycles. The van der Waals surface area contributed by atoms with Crippen molar-refractivity contribution < 1.29 is 62.7 Å². The minimum Gasteiger partial charge on any atom is -0.456 e. The van der Waals surface area contributed by atoms with Gasteiger partial charge in [0.15, 0.2) is 29.4 Å². The first kappa shape index (κ1) is 48.4. The smallest absolute Gasteiger partial charge is 0.338 e. The van der Waals surface area contributed by atoms with E-state index in [0.29, 0.717) is 16.7 Å². The summed E-state index contributed by atoms with van der Waals surface area (Å²) in [6.07, 6.45) is -7.92. The Morgan fingerprint density at radius 2 is 1.42 bits per heavy atom. The fraction of sp³-hybridized carbons (Fsp3) is 0.500. The van der Waals surface area contributed by atoms with E-state index in [9.17, 15) is 29.4 Å². The highest BCUT2D eigenvalue weighted by Gasteiger charge is 2.77. The molecule has 14 nitrogen and oxygen atoms in total. The molecule has 3 aromatic carbocycles. The number of hydrogen-bond donors (Lipinski definition) is 3. The Kier molecular flexibility index (Phi) is 13.1. The van der Waals surface area contributed by atoms with Crippen LogP contribution in [0.25, 0.3) is 0 Å². The van der Waals surface area contributed by atoms with Crippen molar-refractivity contribution in [2.45, 2.75) is 135 Å². The number of aliphatic hydroxyl groups excluding tert-OH is 1. The van der Waals surface area contributed by atoms with Crippen molar-refractivity contribution in [2.24, 2.45) is 22.7 Å². The fourth-order valence-electron chi connectivity index (χ4n) is 11.3. The average Bonchev–Trinajstić information content (AvgIpc) is 3.26. The number of hydrogen-bond acceptors (Lipinski definition) is 13. The molecule has 4 aliphatic rings. The zero-order valence-electron chi connectivity index (χ0n) is 39.0. The lowest BCUT2D eigenvalue weighted by Crippen LogP contribution is -2.80. The van der Waals surface area contributed by atoms with E-state index in [-0.39, 0.29) is 30.6 Å². The van der Waals surface area contributed by atoms with Crippen molar-refractivity contribution >= 4 is 35.4 Å². The van der Waals surface area contributed by atoms with Crippen LogP contribution in [0.5, 0.6) is 0 Å². The van der Waals surface area contributed by atoms with Crippen LogP contribution in [0, 0.1) is 22.7 Å². The van der Waals surface area contributed by atoms with Gasteiger partial charge in [0.2, 0.25) is 0 Å². The molecule has 352 valence electrons. The second kappa shape index (κ2) is 17.9. The Morgan fingerprint density at radius 1 is 0.848 bits per heavy atom. The van der Waals surface area contributed by atoms with Crippen LogP contribution >= 0.6 is 0 Å². The van der Waals surface area contributed by atoms with Crippen LogP contribution in [0.3, 0.4) is 0 Å². The minimum absolute atomic E-state index is 0.122. The number of carbonyl (C=O) groups is 6. The molecule has 3 fully saturated rings. The number of aliphatic hydroxyl groups is 2. The average molecular weight is 908 g/mol. The Hall–Kier alpha value is -5.54. The van der Waals surface area contributed by atoms with Gasteiger partial charge >= 0.3 is 17.9 Å². The fourth-order valence-corrected chi connectivity index (χ4v) is 11.3. The van der Waals surface area contributed by atoms with Gasteiger partial charge in [-0.2, -0.15) is 0 Å². The molecule has 0 aromatic heterocycles. The van der Waals surface area contributed by atoms with Crippen LogP contribution in [0.1, 0.15) is 114 Å².